The Kier molecular flexibility index (Phi) is 4.84. The Morgan fingerprint density at radius 2 is 1.85 bits per heavy atom. The van der Waals surface area contributed by atoms with E-state index < -0.39 is 10.0 Å². The molecule has 0 amide bonds. The van der Waals surface area contributed by atoms with E-state index >= 15 is 0 Å². The molecular formula is C19H20N2O4S. The van der Waals surface area contributed by atoms with Crippen molar-refractivity contribution in [2.24, 2.45) is 0 Å². The van der Waals surface area contributed by atoms with Gasteiger partial charge >= 0.3 is 0 Å². The van der Waals surface area contributed by atoms with Gasteiger partial charge in [-0.15, -0.1) is 0 Å². The highest BCUT2D eigenvalue weighted by molar-refractivity contribution is 7.89. The number of rotatable bonds is 5. The van der Waals surface area contributed by atoms with Crippen LogP contribution in [0.25, 0.3) is 10.9 Å². The molecule has 136 valence electrons. The Balaban J connectivity index is 1.89. The first-order valence-electron chi connectivity index (χ1n) is 8.07. The lowest BCUT2D eigenvalue weighted by molar-refractivity contribution is 0.414. The molecule has 0 bridgehead atoms. The van der Waals surface area contributed by atoms with Crippen molar-refractivity contribution in [3.05, 3.63) is 69.5 Å². The van der Waals surface area contributed by atoms with Crippen LogP contribution in [0.3, 0.4) is 0 Å². The molecule has 6 nitrogen and oxygen atoms in total. The van der Waals surface area contributed by atoms with Gasteiger partial charge in [0.2, 0.25) is 10.0 Å². The summed E-state index contributed by atoms with van der Waals surface area (Å²) in [4.78, 5) is 15.2. The van der Waals surface area contributed by atoms with E-state index in [9.17, 15) is 13.2 Å². The normalized spacial score (nSPS) is 11.7. The number of hydrogen-bond donors (Lipinski definition) is 2. The fourth-order valence-corrected chi connectivity index (χ4v) is 4.03. The molecular weight excluding hydrogens is 352 g/mol. The molecule has 0 saturated heterocycles. The zero-order valence-corrected chi connectivity index (χ0v) is 15.6. The second-order valence-electron chi connectivity index (χ2n) is 6.17. The van der Waals surface area contributed by atoms with Crippen LogP contribution in [0.4, 0.5) is 0 Å². The number of hydrogen-bond acceptors (Lipinski definition) is 4. The highest BCUT2D eigenvalue weighted by Crippen LogP contribution is 2.21. The van der Waals surface area contributed by atoms with Crippen molar-refractivity contribution in [2.45, 2.75) is 25.3 Å². The molecule has 26 heavy (non-hydrogen) atoms. The van der Waals surface area contributed by atoms with Crippen molar-refractivity contribution < 1.29 is 13.2 Å². The zero-order chi connectivity index (χ0) is 18.9. The largest absolute Gasteiger partial charge is 0.497 e. The second-order valence-corrected chi connectivity index (χ2v) is 7.91. The number of sulfonamides is 1. The Morgan fingerprint density at radius 3 is 2.54 bits per heavy atom. The molecule has 0 radical (unpaired) electrons. The summed E-state index contributed by atoms with van der Waals surface area (Å²) in [6, 6.07) is 12.1. The molecule has 7 heteroatoms. The van der Waals surface area contributed by atoms with Gasteiger partial charge in [-0.25, -0.2) is 13.1 Å². The molecule has 0 saturated carbocycles. The van der Waals surface area contributed by atoms with Gasteiger partial charge in [0.05, 0.1) is 12.0 Å². The summed E-state index contributed by atoms with van der Waals surface area (Å²) >= 11 is 0. The topological polar surface area (TPSA) is 88.3 Å². The van der Waals surface area contributed by atoms with Crippen LogP contribution in [0.15, 0.2) is 52.2 Å². The zero-order valence-electron chi connectivity index (χ0n) is 14.8. The Morgan fingerprint density at radius 1 is 1.08 bits per heavy atom. The van der Waals surface area contributed by atoms with Crippen LogP contribution in [0.5, 0.6) is 5.75 Å². The van der Waals surface area contributed by atoms with Crippen molar-refractivity contribution in [1.82, 2.24) is 9.71 Å². The van der Waals surface area contributed by atoms with Crippen LogP contribution >= 0.6 is 0 Å². The highest BCUT2D eigenvalue weighted by Gasteiger charge is 2.17. The molecule has 0 aliphatic heterocycles. The summed E-state index contributed by atoms with van der Waals surface area (Å²) in [5, 5.41) is 0.861. The fourth-order valence-electron chi connectivity index (χ4n) is 2.80. The molecule has 1 aromatic heterocycles. The van der Waals surface area contributed by atoms with E-state index in [-0.39, 0.29) is 17.0 Å². The lowest BCUT2D eigenvalue weighted by atomic mass is 10.1. The first kappa shape index (κ1) is 18.2. The Bertz CT molecular complexity index is 1130. The average Bonchev–Trinajstić information content (AvgIpc) is 2.60. The minimum Gasteiger partial charge on any atom is -0.497 e. The van der Waals surface area contributed by atoms with E-state index in [1.807, 2.05) is 25.1 Å². The van der Waals surface area contributed by atoms with E-state index in [1.54, 1.807) is 25.1 Å². The van der Waals surface area contributed by atoms with Gasteiger partial charge in [0, 0.05) is 17.6 Å². The number of aryl methyl sites for hydroxylation is 2. The maximum atomic E-state index is 12.6. The number of pyridine rings is 1. The highest BCUT2D eigenvalue weighted by atomic mass is 32.2. The number of aromatic amines is 1. The Hall–Kier alpha value is -2.64. The fraction of sp³-hybridized carbons (Fsp3) is 0.211. The molecule has 2 aromatic carbocycles. The van der Waals surface area contributed by atoms with Crippen molar-refractivity contribution in [2.75, 3.05) is 7.11 Å². The number of fused-ring (bicyclic) bond motifs is 1. The van der Waals surface area contributed by atoms with Gasteiger partial charge in [0.25, 0.3) is 5.56 Å². The lowest BCUT2D eigenvalue weighted by Gasteiger charge is -2.11. The number of aromatic nitrogens is 1. The molecule has 0 atom stereocenters. The maximum absolute atomic E-state index is 12.6. The van der Waals surface area contributed by atoms with Crippen molar-refractivity contribution in [3.8, 4) is 5.75 Å². The SMILES string of the molecule is COc1ccc(S(=O)(=O)NCc2cc3cc(C)ccc3[nH]c2=O)c(C)c1. The van der Waals surface area contributed by atoms with Gasteiger partial charge in [-0.2, -0.15) is 0 Å². The molecule has 0 aliphatic rings. The number of methoxy groups -OCH3 is 1. The molecule has 0 aliphatic carbocycles. The minimum absolute atomic E-state index is 0.0903. The molecule has 2 N–H and O–H groups in total. The molecule has 1 heterocycles. The summed E-state index contributed by atoms with van der Waals surface area (Å²) in [6.07, 6.45) is 0. The minimum atomic E-state index is -3.75. The molecule has 3 aromatic rings. The van der Waals surface area contributed by atoms with E-state index in [0.717, 1.165) is 16.5 Å². The molecule has 0 spiro atoms. The van der Waals surface area contributed by atoms with Crippen LogP contribution in [0.2, 0.25) is 0 Å². The predicted molar refractivity (Wildman–Crippen MR) is 101 cm³/mol. The summed E-state index contributed by atoms with van der Waals surface area (Å²) in [5.74, 6) is 0.586. The monoisotopic (exact) mass is 372 g/mol. The van der Waals surface area contributed by atoms with Gasteiger partial charge in [-0.1, -0.05) is 11.6 Å². The first-order chi connectivity index (χ1) is 12.3. The van der Waals surface area contributed by atoms with E-state index in [2.05, 4.69) is 9.71 Å². The van der Waals surface area contributed by atoms with Crippen LogP contribution in [-0.4, -0.2) is 20.5 Å². The smallest absolute Gasteiger partial charge is 0.252 e. The van der Waals surface area contributed by atoms with Crippen molar-refractivity contribution >= 4 is 20.9 Å². The van der Waals surface area contributed by atoms with Gasteiger partial charge in [-0.3, -0.25) is 4.79 Å². The van der Waals surface area contributed by atoms with E-state index in [0.29, 0.717) is 16.9 Å². The summed E-state index contributed by atoms with van der Waals surface area (Å²) in [5.41, 5.74) is 2.40. The second kappa shape index (κ2) is 6.93. The summed E-state index contributed by atoms with van der Waals surface area (Å²) < 4.78 is 32.8. The van der Waals surface area contributed by atoms with Crippen LogP contribution in [0.1, 0.15) is 16.7 Å². The third-order valence-corrected chi connectivity index (χ3v) is 5.76. The van der Waals surface area contributed by atoms with Crippen molar-refractivity contribution in [3.63, 3.8) is 0 Å². The number of ether oxygens (including phenoxy) is 1. The lowest BCUT2D eigenvalue weighted by Crippen LogP contribution is -2.27. The van der Waals surface area contributed by atoms with Crippen LogP contribution < -0.4 is 15.0 Å². The van der Waals surface area contributed by atoms with Gasteiger partial charge in [0.1, 0.15) is 5.75 Å². The third kappa shape index (κ3) is 3.63. The average molecular weight is 372 g/mol. The summed E-state index contributed by atoms with van der Waals surface area (Å²) in [7, 11) is -2.23. The first-order valence-corrected chi connectivity index (χ1v) is 9.55. The molecule has 3 rings (SSSR count). The third-order valence-electron chi connectivity index (χ3n) is 4.20. The molecule has 0 fully saturated rings. The number of nitrogens with one attached hydrogen (secondary N) is 2. The van der Waals surface area contributed by atoms with Crippen molar-refractivity contribution in [1.29, 1.82) is 0 Å². The maximum Gasteiger partial charge on any atom is 0.252 e. The summed E-state index contributed by atoms with van der Waals surface area (Å²) in [6.45, 7) is 3.56. The molecule has 0 unspecified atom stereocenters. The number of benzene rings is 2. The van der Waals surface area contributed by atoms with Gasteiger partial charge in [0.15, 0.2) is 0 Å². The predicted octanol–water partition coefficient (Wildman–Crippen LogP) is 2.63. The number of H-pyrrole nitrogens is 1. The van der Waals surface area contributed by atoms with Gasteiger partial charge in [-0.05, 0) is 61.2 Å². The standard InChI is InChI=1S/C19H20N2O4S/c1-12-4-6-17-14(8-12)10-15(19(22)21-17)11-20-26(23,24)18-7-5-16(25-3)9-13(18)2/h4-10,20H,11H2,1-3H3,(H,21,22). The van der Waals surface area contributed by atoms with E-state index in [4.69, 9.17) is 4.74 Å². The van der Waals surface area contributed by atoms with Gasteiger partial charge < -0.3 is 9.72 Å². The van der Waals surface area contributed by atoms with Crippen LogP contribution in [0, 0.1) is 13.8 Å². The van der Waals surface area contributed by atoms with E-state index in [1.165, 1.54) is 13.2 Å². The Labute approximate surface area is 151 Å². The quantitative estimate of drug-likeness (QED) is 0.721. The van der Waals surface area contributed by atoms with Crippen LogP contribution in [-0.2, 0) is 16.6 Å².